The number of nitrogens with two attached hydrogens (primary N) is 1. The van der Waals surface area contributed by atoms with Gasteiger partial charge in [-0.2, -0.15) is 0 Å². The molecule has 0 aliphatic carbocycles. The summed E-state index contributed by atoms with van der Waals surface area (Å²) in [4.78, 5) is 4.61. The van der Waals surface area contributed by atoms with Crippen molar-refractivity contribution >= 4 is 11.5 Å². The Morgan fingerprint density at radius 1 is 1.53 bits per heavy atom. The highest BCUT2D eigenvalue weighted by Gasteiger charge is 2.06. The SMILES string of the molecule is CO/N=C(\C)c1ccc(C(=N)N)c(O)c1. The molecule has 1 aromatic carbocycles. The molecule has 80 valence electrons. The summed E-state index contributed by atoms with van der Waals surface area (Å²) in [6, 6.07) is 4.78. The lowest BCUT2D eigenvalue weighted by Gasteiger charge is -2.05. The van der Waals surface area contributed by atoms with Gasteiger partial charge >= 0.3 is 0 Å². The molecule has 1 aromatic rings. The maximum Gasteiger partial charge on any atom is 0.127 e. The second kappa shape index (κ2) is 4.45. The Kier molecular flexibility index (Phi) is 3.28. The van der Waals surface area contributed by atoms with Crippen LogP contribution in [0.3, 0.4) is 0 Å². The predicted molar refractivity (Wildman–Crippen MR) is 58.3 cm³/mol. The van der Waals surface area contributed by atoms with Gasteiger partial charge in [0, 0.05) is 5.56 Å². The fraction of sp³-hybridized carbons (Fsp3) is 0.200. The van der Waals surface area contributed by atoms with E-state index in [4.69, 9.17) is 11.1 Å². The lowest BCUT2D eigenvalue weighted by atomic mass is 10.1. The number of rotatable bonds is 3. The molecule has 1 rings (SSSR count). The normalized spacial score (nSPS) is 11.2. The Bertz CT molecular complexity index is 413. The first kappa shape index (κ1) is 11.0. The number of nitrogens with zero attached hydrogens (tertiary/aromatic N) is 1. The van der Waals surface area contributed by atoms with E-state index >= 15 is 0 Å². The van der Waals surface area contributed by atoms with Crippen LogP contribution in [0.5, 0.6) is 5.75 Å². The van der Waals surface area contributed by atoms with Gasteiger partial charge in [-0.25, -0.2) is 0 Å². The number of nitrogen functional groups attached to an aromatic ring is 1. The zero-order chi connectivity index (χ0) is 11.4. The number of nitrogens with one attached hydrogen (secondary N) is 1. The van der Waals surface area contributed by atoms with E-state index in [1.54, 1.807) is 19.1 Å². The number of benzene rings is 1. The average molecular weight is 207 g/mol. The van der Waals surface area contributed by atoms with Gasteiger partial charge in [0.1, 0.15) is 18.7 Å². The summed E-state index contributed by atoms with van der Waals surface area (Å²) in [5.74, 6) is -0.203. The molecule has 0 radical (unpaired) electrons. The summed E-state index contributed by atoms with van der Waals surface area (Å²) in [5.41, 5.74) is 6.94. The molecular formula is C10H13N3O2. The molecule has 5 heteroatoms. The fourth-order valence-corrected chi connectivity index (χ4v) is 1.17. The monoisotopic (exact) mass is 207 g/mol. The minimum Gasteiger partial charge on any atom is -0.507 e. The Hall–Kier alpha value is -2.04. The van der Waals surface area contributed by atoms with Crippen LogP contribution in [0.25, 0.3) is 0 Å². The third-order valence-electron chi connectivity index (χ3n) is 1.93. The Balaban J connectivity index is 3.12. The first-order valence-electron chi connectivity index (χ1n) is 4.31. The van der Waals surface area contributed by atoms with Gasteiger partial charge in [0.2, 0.25) is 0 Å². The van der Waals surface area contributed by atoms with E-state index in [2.05, 4.69) is 9.99 Å². The van der Waals surface area contributed by atoms with Crippen molar-refractivity contribution in [2.75, 3.05) is 7.11 Å². The summed E-state index contributed by atoms with van der Waals surface area (Å²) >= 11 is 0. The van der Waals surface area contributed by atoms with Crippen molar-refractivity contribution in [3.63, 3.8) is 0 Å². The molecule has 5 nitrogen and oxygen atoms in total. The fourth-order valence-electron chi connectivity index (χ4n) is 1.17. The van der Waals surface area contributed by atoms with Crippen molar-refractivity contribution in [1.82, 2.24) is 0 Å². The highest BCUT2D eigenvalue weighted by molar-refractivity contribution is 6.02. The van der Waals surface area contributed by atoms with E-state index in [9.17, 15) is 5.11 Å². The van der Waals surface area contributed by atoms with Crippen molar-refractivity contribution in [3.05, 3.63) is 29.3 Å². The highest BCUT2D eigenvalue weighted by atomic mass is 16.6. The van der Waals surface area contributed by atoms with Gasteiger partial charge in [0.05, 0.1) is 11.3 Å². The molecule has 0 aliphatic heterocycles. The topological polar surface area (TPSA) is 91.7 Å². The van der Waals surface area contributed by atoms with Crippen molar-refractivity contribution in [2.45, 2.75) is 6.92 Å². The largest absolute Gasteiger partial charge is 0.507 e. The molecule has 0 atom stereocenters. The molecule has 0 fully saturated rings. The molecule has 0 amide bonds. The first-order chi connectivity index (χ1) is 7.06. The number of amidine groups is 1. The summed E-state index contributed by atoms with van der Waals surface area (Å²) in [5, 5.41) is 20.5. The molecule has 0 heterocycles. The van der Waals surface area contributed by atoms with Gasteiger partial charge in [-0.3, -0.25) is 5.41 Å². The smallest absolute Gasteiger partial charge is 0.127 e. The highest BCUT2D eigenvalue weighted by Crippen LogP contribution is 2.18. The number of hydrogen-bond acceptors (Lipinski definition) is 4. The van der Waals surface area contributed by atoms with Gasteiger partial charge < -0.3 is 15.7 Å². The second-order valence-electron chi connectivity index (χ2n) is 3.00. The van der Waals surface area contributed by atoms with Crippen LogP contribution < -0.4 is 5.73 Å². The lowest BCUT2D eigenvalue weighted by molar-refractivity contribution is 0.213. The third-order valence-corrected chi connectivity index (χ3v) is 1.93. The summed E-state index contributed by atoms with van der Waals surface area (Å²) in [7, 11) is 1.45. The predicted octanol–water partition coefficient (Wildman–Crippen LogP) is 1.05. The Morgan fingerprint density at radius 2 is 2.20 bits per heavy atom. The number of oxime groups is 1. The quantitative estimate of drug-likeness (QED) is 0.393. The van der Waals surface area contributed by atoms with Gasteiger partial charge in [-0.1, -0.05) is 11.2 Å². The number of phenolic OH excluding ortho intramolecular Hbond substituents is 1. The van der Waals surface area contributed by atoms with E-state index in [0.717, 1.165) is 5.56 Å². The molecule has 0 bridgehead atoms. The first-order valence-corrected chi connectivity index (χ1v) is 4.31. The zero-order valence-corrected chi connectivity index (χ0v) is 8.61. The van der Waals surface area contributed by atoms with Crippen LogP contribution in [0, 0.1) is 5.41 Å². The van der Waals surface area contributed by atoms with Gasteiger partial charge in [0.25, 0.3) is 0 Å². The van der Waals surface area contributed by atoms with E-state index in [1.165, 1.54) is 13.2 Å². The van der Waals surface area contributed by atoms with Crippen LogP contribution in [-0.4, -0.2) is 23.8 Å². The van der Waals surface area contributed by atoms with Crippen molar-refractivity contribution in [3.8, 4) is 5.75 Å². The molecule has 0 unspecified atom stereocenters. The summed E-state index contributed by atoms with van der Waals surface area (Å²) in [6.45, 7) is 1.76. The standard InChI is InChI=1S/C10H13N3O2/c1-6(13-15-2)7-3-4-8(10(11)12)9(14)5-7/h3-5,14H,1-2H3,(H3,11,12)/b13-6+. The number of phenols is 1. The third kappa shape index (κ3) is 2.46. The van der Waals surface area contributed by atoms with Gasteiger partial charge in [0.15, 0.2) is 0 Å². The lowest BCUT2D eigenvalue weighted by Crippen LogP contribution is -2.11. The Morgan fingerprint density at radius 3 is 2.67 bits per heavy atom. The minimum absolute atomic E-state index is 0.0364. The van der Waals surface area contributed by atoms with Gasteiger partial charge in [-0.15, -0.1) is 0 Å². The average Bonchev–Trinajstić information content (AvgIpc) is 2.17. The van der Waals surface area contributed by atoms with Crippen molar-refractivity contribution < 1.29 is 9.94 Å². The van der Waals surface area contributed by atoms with Crippen molar-refractivity contribution in [2.24, 2.45) is 10.9 Å². The summed E-state index contributed by atoms with van der Waals surface area (Å²) in [6.07, 6.45) is 0. The van der Waals surface area contributed by atoms with E-state index in [1.807, 2.05) is 0 Å². The maximum absolute atomic E-state index is 9.56. The van der Waals surface area contributed by atoms with E-state index < -0.39 is 0 Å². The minimum atomic E-state index is -0.166. The summed E-state index contributed by atoms with van der Waals surface area (Å²) < 4.78 is 0. The van der Waals surface area contributed by atoms with Crippen LogP contribution in [0.15, 0.2) is 23.4 Å². The maximum atomic E-state index is 9.56. The molecule has 15 heavy (non-hydrogen) atoms. The Labute approximate surface area is 87.7 Å². The van der Waals surface area contributed by atoms with E-state index in [0.29, 0.717) is 11.3 Å². The molecule has 0 spiro atoms. The van der Waals surface area contributed by atoms with Crippen molar-refractivity contribution in [1.29, 1.82) is 5.41 Å². The second-order valence-corrected chi connectivity index (χ2v) is 3.00. The zero-order valence-electron chi connectivity index (χ0n) is 8.61. The van der Waals surface area contributed by atoms with Crippen LogP contribution in [0.4, 0.5) is 0 Å². The molecule has 0 aliphatic rings. The molecule has 0 saturated carbocycles. The van der Waals surface area contributed by atoms with Crippen LogP contribution in [0.2, 0.25) is 0 Å². The molecule has 4 N–H and O–H groups in total. The number of aromatic hydroxyl groups is 1. The van der Waals surface area contributed by atoms with Gasteiger partial charge in [-0.05, 0) is 19.1 Å². The van der Waals surface area contributed by atoms with Crippen LogP contribution in [-0.2, 0) is 4.84 Å². The molecule has 0 aromatic heterocycles. The molecular weight excluding hydrogens is 194 g/mol. The van der Waals surface area contributed by atoms with E-state index in [-0.39, 0.29) is 11.6 Å². The number of hydrogen-bond donors (Lipinski definition) is 3. The van der Waals surface area contributed by atoms with Crippen LogP contribution >= 0.6 is 0 Å². The molecule has 0 saturated heterocycles. The van der Waals surface area contributed by atoms with Crippen LogP contribution in [0.1, 0.15) is 18.1 Å².